The summed E-state index contributed by atoms with van der Waals surface area (Å²) in [6.45, 7) is 13.0. The summed E-state index contributed by atoms with van der Waals surface area (Å²) < 4.78 is 0. The quantitative estimate of drug-likeness (QED) is 0.200. The second-order valence-corrected chi connectivity index (χ2v) is 8.40. The zero-order valence-electron chi connectivity index (χ0n) is 18.4. The topological polar surface area (TPSA) is 68.3 Å². The zero-order chi connectivity index (χ0) is 21.7. The molecule has 0 bridgehead atoms. The van der Waals surface area contributed by atoms with Gasteiger partial charge in [-0.1, -0.05) is 32.4 Å². The molecular weight excluding hydrogens is 352 g/mol. The fourth-order valence-electron chi connectivity index (χ4n) is 3.09. The Morgan fingerprint density at radius 2 is 1.43 bits per heavy atom. The highest BCUT2D eigenvalue weighted by atomic mass is 16.1. The van der Waals surface area contributed by atoms with Crippen molar-refractivity contribution in [2.75, 3.05) is 0 Å². The summed E-state index contributed by atoms with van der Waals surface area (Å²) in [6, 6.07) is 0. The van der Waals surface area contributed by atoms with Crippen LogP contribution in [0.25, 0.3) is 0 Å². The largest absolute Gasteiger partial charge is 0.300 e. The van der Waals surface area contributed by atoms with Crippen LogP contribution in [0.1, 0.15) is 86.0 Å². The maximum absolute atomic E-state index is 12.4. The number of carbonyl (C=O) groups is 4. The fraction of sp³-hybridized carbons (Fsp3) is 0.667. The van der Waals surface area contributed by atoms with Gasteiger partial charge < -0.3 is 0 Å². The van der Waals surface area contributed by atoms with E-state index in [1.807, 2.05) is 19.9 Å². The number of hydrogen-bond acceptors (Lipinski definition) is 4. The van der Waals surface area contributed by atoms with Crippen molar-refractivity contribution in [1.82, 2.24) is 0 Å². The van der Waals surface area contributed by atoms with Crippen molar-refractivity contribution in [3.05, 3.63) is 24.3 Å². The van der Waals surface area contributed by atoms with E-state index >= 15 is 0 Å². The smallest absolute Gasteiger partial charge is 0.156 e. The minimum atomic E-state index is -0.411. The molecule has 0 aromatic rings. The maximum Gasteiger partial charge on any atom is 0.156 e. The van der Waals surface area contributed by atoms with Gasteiger partial charge in [-0.25, -0.2) is 0 Å². The van der Waals surface area contributed by atoms with Crippen LogP contribution in [0.3, 0.4) is 0 Å². The van der Waals surface area contributed by atoms with Crippen LogP contribution >= 0.6 is 0 Å². The van der Waals surface area contributed by atoms with E-state index in [2.05, 4.69) is 13.5 Å². The normalized spacial score (nSPS) is 13.9. The van der Waals surface area contributed by atoms with Gasteiger partial charge in [0.05, 0.1) is 0 Å². The minimum absolute atomic E-state index is 0.0517. The van der Waals surface area contributed by atoms with Crippen molar-refractivity contribution in [2.24, 2.45) is 17.8 Å². The monoisotopic (exact) mass is 390 g/mol. The van der Waals surface area contributed by atoms with E-state index in [1.165, 1.54) is 6.08 Å². The molecule has 28 heavy (non-hydrogen) atoms. The lowest BCUT2D eigenvalue weighted by molar-refractivity contribution is -0.131. The Morgan fingerprint density at radius 1 is 0.857 bits per heavy atom. The first-order chi connectivity index (χ1) is 13.1. The summed E-state index contributed by atoms with van der Waals surface area (Å²) in [5, 5.41) is 0. The van der Waals surface area contributed by atoms with Crippen molar-refractivity contribution < 1.29 is 19.2 Å². The highest BCUT2D eigenvalue weighted by Gasteiger charge is 2.23. The maximum atomic E-state index is 12.4. The van der Waals surface area contributed by atoms with Gasteiger partial charge in [0.1, 0.15) is 17.3 Å². The van der Waals surface area contributed by atoms with Crippen LogP contribution < -0.4 is 0 Å². The van der Waals surface area contributed by atoms with Crippen molar-refractivity contribution >= 4 is 23.1 Å². The van der Waals surface area contributed by atoms with Gasteiger partial charge >= 0.3 is 0 Å². The zero-order valence-corrected chi connectivity index (χ0v) is 18.4. The third-order valence-electron chi connectivity index (χ3n) is 4.90. The Bertz CT molecular complexity index is 581. The average Bonchev–Trinajstić information content (AvgIpc) is 2.59. The van der Waals surface area contributed by atoms with Gasteiger partial charge in [-0.2, -0.15) is 0 Å². The van der Waals surface area contributed by atoms with Crippen LogP contribution in [0.4, 0.5) is 0 Å². The number of Topliss-reactive ketones (excluding diaryl/α,β-unsaturated/α-hetero) is 3. The SMILES string of the molecule is C=CCCC[C@H](C)CC(=O)[C@H](C)CC(=O)[C@H](C)CC(=O)CCC(=O)C=C(C)C. The summed E-state index contributed by atoms with van der Waals surface area (Å²) in [7, 11) is 0. The Labute approximate surface area is 170 Å². The van der Waals surface area contributed by atoms with Crippen molar-refractivity contribution in [2.45, 2.75) is 86.0 Å². The number of hydrogen-bond donors (Lipinski definition) is 0. The number of unbranched alkanes of at least 4 members (excludes halogenated alkanes) is 1. The van der Waals surface area contributed by atoms with E-state index < -0.39 is 5.92 Å². The van der Waals surface area contributed by atoms with Gasteiger partial charge in [0.2, 0.25) is 0 Å². The van der Waals surface area contributed by atoms with E-state index in [1.54, 1.807) is 13.8 Å². The standard InChI is InChI=1S/C24H38O4/c1-7-8-9-10-18(4)14-23(27)20(6)16-24(28)19(5)15-22(26)12-11-21(25)13-17(2)3/h7,13,18-20H,1,8-12,14-16H2,2-6H3/t18-,19+,20+/m0/s1. The van der Waals surface area contributed by atoms with Crippen LogP contribution in [0.5, 0.6) is 0 Å². The molecule has 0 aromatic carbocycles. The van der Waals surface area contributed by atoms with E-state index in [-0.39, 0.29) is 54.7 Å². The molecule has 0 rings (SSSR count). The Balaban J connectivity index is 4.31. The summed E-state index contributed by atoms with van der Waals surface area (Å²) in [5.74, 6) is -0.491. The first-order valence-electron chi connectivity index (χ1n) is 10.4. The van der Waals surface area contributed by atoms with Crippen LogP contribution in [0, 0.1) is 17.8 Å². The number of carbonyl (C=O) groups excluding carboxylic acids is 4. The predicted molar refractivity (Wildman–Crippen MR) is 114 cm³/mol. The molecule has 0 fully saturated rings. The molecule has 0 amide bonds. The Hall–Kier alpha value is -1.84. The summed E-state index contributed by atoms with van der Waals surface area (Å²) in [6.07, 6.45) is 7.55. The molecule has 4 heteroatoms. The van der Waals surface area contributed by atoms with Gasteiger partial charge in [0, 0.05) is 43.9 Å². The van der Waals surface area contributed by atoms with Crippen LogP contribution in [0.15, 0.2) is 24.3 Å². The second kappa shape index (κ2) is 14.2. The number of allylic oxidation sites excluding steroid dienone is 3. The van der Waals surface area contributed by atoms with Crippen LogP contribution in [-0.4, -0.2) is 23.1 Å². The van der Waals surface area contributed by atoms with Crippen LogP contribution in [0.2, 0.25) is 0 Å². The molecule has 0 saturated heterocycles. The van der Waals surface area contributed by atoms with Crippen molar-refractivity contribution in [3.63, 3.8) is 0 Å². The first-order valence-corrected chi connectivity index (χ1v) is 10.4. The number of ketones is 4. The molecule has 0 radical (unpaired) electrons. The van der Waals surface area contributed by atoms with Gasteiger partial charge in [-0.05, 0) is 45.1 Å². The third-order valence-corrected chi connectivity index (χ3v) is 4.90. The molecule has 0 heterocycles. The molecule has 158 valence electrons. The van der Waals surface area contributed by atoms with Crippen molar-refractivity contribution in [3.8, 4) is 0 Å². The number of rotatable bonds is 16. The molecule has 0 unspecified atom stereocenters. The van der Waals surface area contributed by atoms with Crippen LogP contribution in [-0.2, 0) is 19.2 Å². The second-order valence-electron chi connectivity index (χ2n) is 8.40. The van der Waals surface area contributed by atoms with Gasteiger partial charge in [-0.15, -0.1) is 6.58 Å². The van der Waals surface area contributed by atoms with E-state index in [9.17, 15) is 19.2 Å². The van der Waals surface area contributed by atoms with Gasteiger partial charge in [0.15, 0.2) is 5.78 Å². The van der Waals surface area contributed by atoms with Gasteiger partial charge in [0.25, 0.3) is 0 Å². The van der Waals surface area contributed by atoms with E-state index in [0.29, 0.717) is 12.3 Å². The first kappa shape index (κ1) is 26.2. The average molecular weight is 391 g/mol. The lowest BCUT2D eigenvalue weighted by atomic mass is 9.87. The Kier molecular flexibility index (Phi) is 13.3. The molecule has 0 aliphatic rings. The lowest BCUT2D eigenvalue weighted by Gasteiger charge is -2.16. The summed E-state index contributed by atoms with van der Waals surface area (Å²) >= 11 is 0. The molecule has 0 aromatic heterocycles. The summed E-state index contributed by atoms with van der Waals surface area (Å²) in [4.78, 5) is 48.4. The van der Waals surface area contributed by atoms with Gasteiger partial charge in [-0.3, -0.25) is 19.2 Å². The highest BCUT2D eigenvalue weighted by molar-refractivity contribution is 5.95. The molecule has 0 aliphatic carbocycles. The summed E-state index contributed by atoms with van der Waals surface area (Å²) in [5.41, 5.74) is 0.912. The van der Waals surface area contributed by atoms with Crippen molar-refractivity contribution in [1.29, 1.82) is 0 Å². The molecule has 0 spiro atoms. The predicted octanol–water partition coefficient (Wildman–Crippen LogP) is 5.44. The molecule has 0 saturated carbocycles. The van der Waals surface area contributed by atoms with E-state index in [4.69, 9.17) is 0 Å². The molecule has 0 aliphatic heterocycles. The molecule has 3 atom stereocenters. The van der Waals surface area contributed by atoms with E-state index in [0.717, 1.165) is 24.8 Å². The molecular formula is C24H38O4. The fourth-order valence-corrected chi connectivity index (χ4v) is 3.09. The Morgan fingerprint density at radius 3 is 2.00 bits per heavy atom. The molecule has 4 nitrogen and oxygen atoms in total. The minimum Gasteiger partial charge on any atom is -0.300 e. The third kappa shape index (κ3) is 12.5. The lowest BCUT2D eigenvalue weighted by Crippen LogP contribution is -2.22. The molecule has 0 N–H and O–H groups in total. The highest BCUT2D eigenvalue weighted by Crippen LogP contribution is 2.19.